The molecule has 0 aliphatic heterocycles. The van der Waals surface area contributed by atoms with Crippen LogP contribution in [0.5, 0.6) is 0 Å². The van der Waals surface area contributed by atoms with Gasteiger partial charge in [0.05, 0.1) is 0 Å². The zero-order valence-electron chi connectivity index (χ0n) is 10.3. The van der Waals surface area contributed by atoms with Crippen LogP contribution in [0.2, 0.25) is 0 Å². The van der Waals surface area contributed by atoms with Crippen LogP contribution in [0.3, 0.4) is 0 Å². The maximum absolute atomic E-state index is 11.7. The Hall–Kier alpha value is -2.36. The van der Waals surface area contributed by atoms with E-state index in [9.17, 15) is 9.59 Å². The molecular weight excluding hydrogens is 228 g/mol. The van der Waals surface area contributed by atoms with Crippen molar-refractivity contribution in [2.45, 2.75) is 0 Å². The van der Waals surface area contributed by atoms with Gasteiger partial charge in [-0.25, -0.2) is 0 Å². The number of pyridine rings is 1. The monoisotopic (exact) mass is 242 g/mol. The molecule has 1 heterocycles. The van der Waals surface area contributed by atoms with Crippen LogP contribution in [0.25, 0.3) is 11.3 Å². The Morgan fingerprint density at radius 2 is 1.72 bits per heavy atom. The quantitative estimate of drug-likeness (QED) is 0.872. The van der Waals surface area contributed by atoms with Crippen molar-refractivity contribution in [2.24, 2.45) is 0 Å². The molecule has 1 amide bonds. The minimum absolute atomic E-state index is 0.0388. The molecular formula is C14H14N2O2. The Morgan fingerprint density at radius 1 is 1.06 bits per heavy atom. The number of carbonyl (C=O) groups excluding carboxylic acids is 1. The van der Waals surface area contributed by atoms with Gasteiger partial charge in [-0.15, -0.1) is 0 Å². The van der Waals surface area contributed by atoms with Gasteiger partial charge in [-0.2, -0.15) is 0 Å². The maximum atomic E-state index is 11.7. The number of carbonyl (C=O) groups is 1. The summed E-state index contributed by atoms with van der Waals surface area (Å²) >= 11 is 0. The molecule has 0 unspecified atom stereocenters. The largest absolute Gasteiger partial charge is 0.345 e. The van der Waals surface area contributed by atoms with Crippen LogP contribution in [0, 0.1) is 0 Å². The lowest BCUT2D eigenvalue weighted by Crippen LogP contribution is -2.21. The van der Waals surface area contributed by atoms with Crippen LogP contribution in [0.1, 0.15) is 10.4 Å². The summed E-state index contributed by atoms with van der Waals surface area (Å²) < 4.78 is 0. The number of hydrogen-bond donors (Lipinski definition) is 1. The van der Waals surface area contributed by atoms with E-state index in [1.807, 2.05) is 18.2 Å². The fourth-order valence-corrected chi connectivity index (χ4v) is 1.67. The highest BCUT2D eigenvalue weighted by Crippen LogP contribution is 2.16. The number of amides is 1. The Labute approximate surface area is 105 Å². The standard InChI is InChI=1S/C14H14N2O2/c1-16(2)14(18)11-8-6-10(7-9-11)12-4-3-5-13(17)15-12/h3-9H,1-2H3,(H,15,17). The van der Waals surface area contributed by atoms with E-state index >= 15 is 0 Å². The lowest BCUT2D eigenvalue weighted by atomic mass is 10.1. The minimum atomic E-state index is -0.138. The Kier molecular flexibility index (Phi) is 3.28. The predicted octanol–water partition coefficient (Wildman–Crippen LogP) is 1.74. The predicted molar refractivity (Wildman–Crippen MR) is 70.5 cm³/mol. The summed E-state index contributed by atoms with van der Waals surface area (Å²) in [7, 11) is 3.43. The third kappa shape index (κ3) is 2.48. The van der Waals surface area contributed by atoms with Crippen LogP contribution < -0.4 is 5.56 Å². The fourth-order valence-electron chi connectivity index (χ4n) is 1.67. The molecule has 4 nitrogen and oxygen atoms in total. The maximum Gasteiger partial charge on any atom is 0.253 e. The number of rotatable bonds is 2. The molecule has 2 rings (SSSR count). The number of nitrogens with one attached hydrogen (secondary N) is 1. The number of aromatic nitrogens is 1. The average molecular weight is 242 g/mol. The summed E-state index contributed by atoms with van der Waals surface area (Å²) in [5.74, 6) is -0.0388. The van der Waals surface area contributed by atoms with Crippen molar-refractivity contribution in [3.63, 3.8) is 0 Å². The molecule has 0 spiro atoms. The Balaban J connectivity index is 2.33. The summed E-state index contributed by atoms with van der Waals surface area (Å²) in [6, 6.07) is 12.1. The van der Waals surface area contributed by atoms with Gasteiger partial charge in [0.1, 0.15) is 0 Å². The number of H-pyrrole nitrogens is 1. The highest BCUT2D eigenvalue weighted by atomic mass is 16.2. The van der Waals surface area contributed by atoms with Crippen molar-refractivity contribution in [3.05, 3.63) is 58.4 Å². The van der Waals surface area contributed by atoms with E-state index in [1.54, 1.807) is 32.3 Å². The second-order valence-electron chi connectivity index (χ2n) is 4.21. The lowest BCUT2D eigenvalue weighted by Gasteiger charge is -2.10. The first-order valence-corrected chi connectivity index (χ1v) is 5.59. The first-order valence-electron chi connectivity index (χ1n) is 5.59. The molecule has 0 saturated carbocycles. The van der Waals surface area contributed by atoms with Crippen LogP contribution in [-0.2, 0) is 0 Å². The smallest absolute Gasteiger partial charge is 0.253 e. The van der Waals surface area contributed by atoms with E-state index in [-0.39, 0.29) is 11.5 Å². The zero-order chi connectivity index (χ0) is 13.1. The Morgan fingerprint density at radius 3 is 2.28 bits per heavy atom. The molecule has 0 bridgehead atoms. The molecule has 0 aliphatic rings. The minimum Gasteiger partial charge on any atom is -0.345 e. The summed E-state index contributed by atoms with van der Waals surface area (Å²) in [5.41, 5.74) is 2.11. The van der Waals surface area contributed by atoms with Gasteiger partial charge in [0.2, 0.25) is 5.56 Å². The first kappa shape index (κ1) is 12.1. The van der Waals surface area contributed by atoms with Crippen molar-refractivity contribution in [1.82, 2.24) is 9.88 Å². The van der Waals surface area contributed by atoms with E-state index in [2.05, 4.69) is 4.98 Å². The van der Waals surface area contributed by atoms with Crippen molar-refractivity contribution in [2.75, 3.05) is 14.1 Å². The third-order valence-corrected chi connectivity index (χ3v) is 2.62. The topological polar surface area (TPSA) is 53.2 Å². The van der Waals surface area contributed by atoms with Crippen LogP contribution in [-0.4, -0.2) is 29.9 Å². The number of nitrogens with zero attached hydrogens (tertiary/aromatic N) is 1. The summed E-state index contributed by atoms with van der Waals surface area (Å²) in [6.45, 7) is 0. The number of aromatic amines is 1. The molecule has 1 aromatic carbocycles. The van der Waals surface area contributed by atoms with Gasteiger partial charge < -0.3 is 9.88 Å². The molecule has 0 aliphatic carbocycles. The van der Waals surface area contributed by atoms with Crippen molar-refractivity contribution in [3.8, 4) is 11.3 Å². The molecule has 1 N–H and O–H groups in total. The fraction of sp³-hybridized carbons (Fsp3) is 0.143. The molecule has 2 aromatic rings. The molecule has 0 fully saturated rings. The van der Waals surface area contributed by atoms with Gasteiger partial charge in [0.25, 0.3) is 5.91 Å². The van der Waals surface area contributed by atoms with E-state index < -0.39 is 0 Å². The molecule has 18 heavy (non-hydrogen) atoms. The molecule has 4 heteroatoms. The second kappa shape index (κ2) is 4.87. The normalized spacial score (nSPS) is 10.1. The highest BCUT2D eigenvalue weighted by molar-refractivity contribution is 5.94. The van der Waals surface area contributed by atoms with Gasteiger partial charge >= 0.3 is 0 Å². The van der Waals surface area contributed by atoms with Crippen LogP contribution in [0.4, 0.5) is 0 Å². The number of benzene rings is 1. The first-order chi connectivity index (χ1) is 8.58. The number of hydrogen-bond acceptors (Lipinski definition) is 2. The van der Waals surface area contributed by atoms with Crippen molar-refractivity contribution in [1.29, 1.82) is 0 Å². The summed E-state index contributed by atoms with van der Waals surface area (Å²) in [6.07, 6.45) is 0. The summed E-state index contributed by atoms with van der Waals surface area (Å²) in [5, 5.41) is 0. The van der Waals surface area contributed by atoms with Gasteiger partial charge in [-0.1, -0.05) is 18.2 Å². The van der Waals surface area contributed by atoms with Gasteiger partial charge in [0, 0.05) is 31.4 Å². The molecule has 0 atom stereocenters. The molecule has 92 valence electrons. The van der Waals surface area contributed by atoms with E-state index in [0.717, 1.165) is 11.3 Å². The zero-order valence-corrected chi connectivity index (χ0v) is 10.3. The van der Waals surface area contributed by atoms with E-state index in [1.165, 1.54) is 11.0 Å². The van der Waals surface area contributed by atoms with Crippen molar-refractivity contribution < 1.29 is 4.79 Å². The average Bonchev–Trinajstić information content (AvgIpc) is 2.38. The van der Waals surface area contributed by atoms with E-state index in [0.29, 0.717) is 5.56 Å². The molecule has 1 aromatic heterocycles. The molecule has 0 saturated heterocycles. The third-order valence-electron chi connectivity index (χ3n) is 2.62. The van der Waals surface area contributed by atoms with Crippen molar-refractivity contribution >= 4 is 5.91 Å². The highest BCUT2D eigenvalue weighted by Gasteiger charge is 2.07. The molecule has 0 radical (unpaired) electrons. The Bertz CT molecular complexity index is 612. The van der Waals surface area contributed by atoms with Crippen LogP contribution in [0.15, 0.2) is 47.3 Å². The lowest BCUT2D eigenvalue weighted by molar-refractivity contribution is 0.0827. The van der Waals surface area contributed by atoms with Crippen LogP contribution >= 0.6 is 0 Å². The second-order valence-corrected chi connectivity index (χ2v) is 4.21. The van der Waals surface area contributed by atoms with Gasteiger partial charge in [0.15, 0.2) is 0 Å². The summed E-state index contributed by atoms with van der Waals surface area (Å²) in [4.78, 5) is 27.2. The van der Waals surface area contributed by atoms with E-state index in [4.69, 9.17) is 0 Å². The van der Waals surface area contributed by atoms with Gasteiger partial charge in [-0.3, -0.25) is 9.59 Å². The SMILES string of the molecule is CN(C)C(=O)c1ccc(-c2cccc(=O)[nH]2)cc1. The van der Waals surface area contributed by atoms with Gasteiger partial charge in [-0.05, 0) is 23.8 Å².